The van der Waals surface area contributed by atoms with Crippen molar-refractivity contribution in [1.29, 1.82) is 0 Å². The molecule has 4 nitrogen and oxygen atoms in total. The highest BCUT2D eigenvalue weighted by molar-refractivity contribution is 9.10. The Labute approximate surface area is 84.2 Å². The maximum atomic E-state index is 11.1. The van der Waals surface area contributed by atoms with Gasteiger partial charge in [0.25, 0.3) is 0 Å². The molecule has 0 saturated heterocycles. The van der Waals surface area contributed by atoms with Gasteiger partial charge in [0.1, 0.15) is 5.69 Å². The highest BCUT2D eigenvalue weighted by atomic mass is 79.9. The SMILES string of the molecule is COC(=O)c1cc(Br)cc(CN)n1. The van der Waals surface area contributed by atoms with E-state index in [0.29, 0.717) is 12.2 Å². The summed E-state index contributed by atoms with van der Waals surface area (Å²) in [6, 6.07) is 3.34. The van der Waals surface area contributed by atoms with E-state index in [9.17, 15) is 4.79 Å². The first-order valence-electron chi connectivity index (χ1n) is 3.62. The number of methoxy groups -OCH3 is 1. The zero-order valence-corrected chi connectivity index (χ0v) is 8.67. The highest BCUT2D eigenvalue weighted by Crippen LogP contribution is 2.13. The molecule has 13 heavy (non-hydrogen) atoms. The molecule has 0 amide bonds. The minimum atomic E-state index is -0.462. The van der Waals surface area contributed by atoms with E-state index in [1.807, 2.05) is 0 Å². The van der Waals surface area contributed by atoms with E-state index in [1.165, 1.54) is 7.11 Å². The smallest absolute Gasteiger partial charge is 0.356 e. The van der Waals surface area contributed by atoms with E-state index in [4.69, 9.17) is 5.73 Å². The standard InChI is InChI=1S/C8H9BrN2O2/c1-13-8(12)7-3-5(9)2-6(4-10)11-7/h2-3H,4,10H2,1H3. The third-order valence-corrected chi connectivity index (χ3v) is 1.90. The Kier molecular flexibility index (Phi) is 3.39. The summed E-state index contributed by atoms with van der Waals surface area (Å²) in [5.74, 6) is -0.462. The van der Waals surface area contributed by atoms with Crippen molar-refractivity contribution in [2.75, 3.05) is 7.11 Å². The second-order valence-corrected chi connectivity index (χ2v) is 3.27. The first-order chi connectivity index (χ1) is 6.17. The normalized spacial score (nSPS) is 9.77. The minimum Gasteiger partial charge on any atom is -0.464 e. The lowest BCUT2D eigenvalue weighted by molar-refractivity contribution is 0.0593. The molecular formula is C8H9BrN2O2. The fourth-order valence-corrected chi connectivity index (χ4v) is 1.35. The number of aromatic nitrogens is 1. The predicted molar refractivity (Wildman–Crippen MR) is 51.2 cm³/mol. The predicted octanol–water partition coefficient (Wildman–Crippen LogP) is 1.09. The molecule has 5 heteroatoms. The second-order valence-electron chi connectivity index (χ2n) is 2.36. The van der Waals surface area contributed by atoms with Crippen molar-refractivity contribution in [3.63, 3.8) is 0 Å². The molecule has 1 aromatic heterocycles. The van der Waals surface area contributed by atoms with Crippen molar-refractivity contribution < 1.29 is 9.53 Å². The fourth-order valence-electron chi connectivity index (χ4n) is 0.864. The van der Waals surface area contributed by atoms with Crippen molar-refractivity contribution >= 4 is 21.9 Å². The molecule has 0 aliphatic carbocycles. The topological polar surface area (TPSA) is 65.2 Å². The van der Waals surface area contributed by atoms with Crippen LogP contribution in [0.1, 0.15) is 16.2 Å². The Balaban J connectivity index is 3.08. The van der Waals surface area contributed by atoms with Gasteiger partial charge >= 0.3 is 5.97 Å². The lowest BCUT2D eigenvalue weighted by Crippen LogP contribution is -2.08. The zero-order chi connectivity index (χ0) is 9.84. The van der Waals surface area contributed by atoms with Gasteiger partial charge in [0.15, 0.2) is 0 Å². The summed E-state index contributed by atoms with van der Waals surface area (Å²) < 4.78 is 5.29. The molecule has 0 unspecified atom stereocenters. The van der Waals surface area contributed by atoms with Crippen LogP contribution in [0.4, 0.5) is 0 Å². The Morgan fingerprint density at radius 3 is 2.92 bits per heavy atom. The summed E-state index contributed by atoms with van der Waals surface area (Å²) in [4.78, 5) is 15.1. The molecule has 0 aromatic carbocycles. The molecule has 0 saturated carbocycles. The van der Waals surface area contributed by atoms with E-state index < -0.39 is 5.97 Å². The Morgan fingerprint density at radius 1 is 1.69 bits per heavy atom. The van der Waals surface area contributed by atoms with E-state index >= 15 is 0 Å². The van der Waals surface area contributed by atoms with Gasteiger partial charge in [-0.25, -0.2) is 9.78 Å². The van der Waals surface area contributed by atoms with E-state index in [1.54, 1.807) is 12.1 Å². The first kappa shape index (κ1) is 10.1. The van der Waals surface area contributed by atoms with E-state index in [0.717, 1.165) is 4.47 Å². The Bertz CT molecular complexity index is 328. The number of pyridine rings is 1. The Morgan fingerprint density at radius 2 is 2.38 bits per heavy atom. The van der Waals surface area contributed by atoms with Crippen LogP contribution < -0.4 is 5.73 Å². The third-order valence-electron chi connectivity index (χ3n) is 1.45. The van der Waals surface area contributed by atoms with Gasteiger partial charge < -0.3 is 10.5 Å². The van der Waals surface area contributed by atoms with Crippen LogP contribution >= 0.6 is 15.9 Å². The summed E-state index contributed by atoms with van der Waals surface area (Å²) in [5.41, 5.74) is 6.30. The molecule has 1 rings (SSSR count). The zero-order valence-electron chi connectivity index (χ0n) is 7.08. The second kappa shape index (κ2) is 4.34. The summed E-state index contributed by atoms with van der Waals surface area (Å²) in [6.07, 6.45) is 0. The number of halogens is 1. The monoisotopic (exact) mass is 244 g/mol. The number of hydrogen-bond donors (Lipinski definition) is 1. The highest BCUT2D eigenvalue weighted by Gasteiger charge is 2.08. The van der Waals surface area contributed by atoms with Gasteiger partial charge in [0, 0.05) is 11.0 Å². The number of nitrogens with zero attached hydrogens (tertiary/aromatic N) is 1. The molecule has 0 aliphatic heterocycles. The Hall–Kier alpha value is -0.940. The van der Waals surface area contributed by atoms with Crippen molar-refractivity contribution in [2.45, 2.75) is 6.54 Å². The molecule has 0 radical (unpaired) electrons. The number of carbonyl (C=O) groups excluding carboxylic acids is 1. The van der Waals surface area contributed by atoms with Gasteiger partial charge in [0.05, 0.1) is 12.8 Å². The third kappa shape index (κ3) is 2.50. The van der Waals surface area contributed by atoms with Crippen LogP contribution in [-0.4, -0.2) is 18.1 Å². The number of ether oxygens (including phenoxy) is 1. The summed E-state index contributed by atoms with van der Waals surface area (Å²) in [6.45, 7) is 0.295. The van der Waals surface area contributed by atoms with Gasteiger partial charge in [-0.05, 0) is 12.1 Å². The lowest BCUT2D eigenvalue weighted by Gasteiger charge is -2.02. The van der Waals surface area contributed by atoms with Crippen molar-refractivity contribution in [3.8, 4) is 0 Å². The number of rotatable bonds is 2. The molecule has 70 valence electrons. The van der Waals surface area contributed by atoms with Crippen LogP contribution in [0.5, 0.6) is 0 Å². The van der Waals surface area contributed by atoms with Crippen molar-refractivity contribution in [1.82, 2.24) is 4.98 Å². The number of nitrogens with two attached hydrogens (primary N) is 1. The molecule has 0 fully saturated rings. The maximum absolute atomic E-state index is 11.1. The molecule has 1 aromatic rings. The summed E-state index contributed by atoms with van der Waals surface area (Å²) >= 11 is 3.25. The minimum absolute atomic E-state index is 0.261. The fraction of sp³-hybridized carbons (Fsp3) is 0.250. The van der Waals surface area contributed by atoms with Gasteiger partial charge in [-0.2, -0.15) is 0 Å². The van der Waals surface area contributed by atoms with Gasteiger partial charge in [-0.15, -0.1) is 0 Å². The maximum Gasteiger partial charge on any atom is 0.356 e. The van der Waals surface area contributed by atoms with Crippen LogP contribution in [0, 0.1) is 0 Å². The molecule has 0 atom stereocenters. The molecule has 0 bridgehead atoms. The van der Waals surface area contributed by atoms with E-state index in [-0.39, 0.29) is 5.69 Å². The first-order valence-corrected chi connectivity index (χ1v) is 4.41. The van der Waals surface area contributed by atoms with Gasteiger partial charge in [-0.1, -0.05) is 15.9 Å². The van der Waals surface area contributed by atoms with Crippen LogP contribution in [0.15, 0.2) is 16.6 Å². The van der Waals surface area contributed by atoms with Crippen LogP contribution in [0.25, 0.3) is 0 Å². The van der Waals surface area contributed by atoms with Crippen molar-refractivity contribution in [2.24, 2.45) is 5.73 Å². The molecular weight excluding hydrogens is 236 g/mol. The molecule has 2 N–H and O–H groups in total. The molecule has 0 aliphatic rings. The van der Waals surface area contributed by atoms with Crippen LogP contribution in [0.3, 0.4) is 0 Å². The van der Waals surface area contributed by atoms with Crippen LogP contribution in [-0.2, 0) is 11.3 Å². The van der Waals surface area contributed by atoms with Gasteiger partial charge in [0.2, 0.25) is 0 Å². The number of carbonyl (C=O) groups is 1. The quantitative estimate of drug-likeness (QED) is 0.792. The molecule has 0 spiro atoms. The van der Waals surface area contributed by atoms with Crippen molar-refractivity contribution in [3.05, 3.63) is 28.0 Å². The lowest BCUT2D eigenvalue weighted by atomic mass is 10.3. The van der Waals surface area contributed by atoms with Crippen LogP contribution in [0.2, 0.25) is 0 Å². The number of hydrogen-bond acceptors (Lipinski definition) is 4. The average Bonchev–Trinajstić information content (AvgIpc) is 2.15. The molecule has 1 heterocycles. The van der Waals surface area contributed by atoms with Gasteiger partial charge in [-0.3, -0.25) is 0 Å². The average molecular weight is 245 g/mol. The number of esters is 1. The largest absolute Gasteiger partial charge is 0.464 e. The summed E-state index contributed by atoms with van der Waals surface area (Å²) in [7, 11) is 1.31. The summed E-state index contributed by atoms with van der Waals surface area (Å²) in [5, 5.41) is 0. The van der Waals surface area contributed by atoms with E-state index in [2.05, 4.69) is 25.7 Å².